The van der Waals surface area contributed by atoms with Gasteiger partial charge in [-0.25, -0.2) is 0 Å². The molecule has 18 heavy (non-hydrogen) atoms. The predicted molar refractivity (Wildman–Crippen MR) is 69.8 cm³/mol. The Kier molecular flexibility index (Phi) is 5.01. The highest BCUT2D eigenvalue weighted by atomic mass is 16.5. The number of ether oxygens (including phenoxy) is 2. The van der Waals surface area contributed by atoms with E-state index in [0.717, 1.165) is 31.7 Å². The van der Waals surface area contributed by atoms with Gasteiger partial charge in [0.1, 0.15) is 6.61 Å². The molecular weight excluding hydrogens is 230 g/mol. The smallest absolute Gasteiger partial charge is 0.157 e. The van der Waals surface area contributed by atoms with Crippen molar-refractivity contribution in [3.05, 3.63) is 12.4 Å². The van der Waals surface area contributed by atoms with E-state index in [4.69, 9.17) is 9.47 Å². The van der Waals surface area contributed by atoms with Gasteiger partial charge in [-0.2, -0.15) is 5.10 Å². The minimum atomic E-state index is 0.221. The highest BCUT2D eigenvalue weighted by Gasteiger charge is 2.25. The maximum absolute atomic E-state index is 5.92. The highest BCUT2D eigenvalue weighted by Crippen LogP contribution is 2.20. The van der Waals surface area contributed by atoms with Crippen molar-refractivity contribution in [2.75, 3.05) is 19.7 Å². The second-order valence-corrected chi connectivity index (χ2v) is 4.82. The average molecular weight is 253 g/mol. The third-order valence-electron chi connectivity index (χ3n) is 3.11. The fraction of sp³-hybridized carbons (Fsp3) is 0.769. The molecule has 2 heterocycles. The summed E-state index contributed by atoms with van der Waals surface area (Å²) in [5, 5.41) is 7.46. The molecule has 0 amide bonds. The summed E-state index contributed by atoms with van der Waals surface area (Å²) in [7, 11) is 1.88. The van der Waals surface area contributed by atoms with Crippen LogP contribution in [0.5, 0.6) is 5.75 Å². The van der Waals surface area contributed by atoms with Gasteiger partial charge in [0.05, 0.1) is 24.6 Å². The molecule has 5 nitrogen and oxygen atoms in total. The maximum atomic E-state index is 5.92. The summed E-state index contributed by atoms with van der Waals surface area (Å²) in [6.45, 7) is 4.82. The van der Waals surface area contributed by atoms with Gasteiger partial charge in [0.15, 0.2) is 5.75 Å². The fourth-order valence-electron chi connectivity index (χ4n) is 2.16. The minimum Gasteiger partial charge on any atom is -0.488 e. The average Bonchev–Trinajstić information content (AvgIpc) is 2.96. The van der Waals surface area contributed by atoms with E-state index in [1.807, 2.05) is 13.2 Å². The molecule has 5 heteroatoms. The molecule has 102 valence electrons. The third-order valence-corrected chi connectivity index (χ3v) is 3.11. The van der Waals surface area contributed by atoms with Crippen molar-refractivity contribution in [3.63, 3.8) is 0 Å². The van der Waals surface area contributed by atoms with Crippen LogP contribution in [0.15, 0.2) is 12.4 Å². The van der Waals surface area contributed by atoms with E-state index in [1.54, 1.807) is 10.9 Å². The molecule has 1 fully saturated rings. The first-order chi connectivity index (χ1) is 8.78. The van der Waals surface area contributed by atoms with Crippen LogP contribution in [0.2, 0.25) is 0 Å². The van der Waals surface area contributed by atoms with Crippen LogP contribution in [0.25, 0.3) is 0 Å². The zero-order valence-electron chi connectivity index (χ0n) is 11.3. The first-order valence-electron chi connectivity index (χ1n) is 6.75. The molecule has 1 aromatic heterocycles. The van der Waals surface area contributed by atoms with Crippen LogP contribution in [0, 0.1) is 0 Å². The quantitative estimate of drug-likeness (QED) is 0.745. The topological polar surface area (TPSA) is 48.3 Å². The number of aromatic nitrogens is 2. The van der Waals surface area contributed by atoms with E-state index in [0.29, 0.717) is 12.7 Å². The van der Waals surface area contributed by atoms with Gasteiger partial charge in [0.25, 0.3) is 0 Å². The zero-order chi connectivity index (χ0) is 12.8. The van der Waals surface area contributed by atoms with Crippen molar-refractivity contribution in [2.45, 2.75) is 38.4 Å². The highest BCUT2D eigenvalue weighted by molar-refractivity contribution is 5.11. The monoisotopic (exact) mass is 253 g/mol. The molecule has 0 bridgehead atoms. The largest absolute Gasteiger partial charge is 0.488 e. The van der Waals surface area contributed by atoms with Gasteiger partial charge in [-0.15, -0.1) is 0 Å². The molecule has 0 aliphatic carbocycles. The van der Waals surface area contributed by atoms with E-state index in [1.165, 1.54) is 6.42 Å². The number of nitrogens with zero attached hydrogens (tertiary/aromatic N) is 2. The number of hydrogen-bond donors (Lipinski definition) is 1. The summed E-state index contributed by atoms with van der Waals surface area (Å²) in [4.78, 5) is 0. The fourth-order valence-corrected chi connectivity index (χ4v) is 2.16. The summed E-state index contributed by atoms with van der Waals surface area (Å²) in [6.07, 6.45) is 7.54. The summed E-state index contributed by atoms with van der Waals surface area (Å²) >= 11 is 0. The van der Waals surface area contributed by atoms with Crippen LogP contribution < -0.4 is 10.1 Å². The van der Waals surface area contributed by atoms with Gasteiger partial charge in [-0.3, -0.25) is 4.68 Å². The molecule has 0 spiro atoms. The standard InChI is InChI=1S/C13H23N3O2/c1-3-6-14-7-11-4-5-12(18-11)10-17-13-8-15-16(2)9-13/h8-9,11-12,14H,3-7,10H2,1-2H3. The van der Waals surface area contributed by atoms with Crippen LogP contribution in [-0.4, -0.2) is 41.7 Å². The van der Waals surface area contributed by atoms with Gasteiger partial charge >= 0.3 is 0 Å². The van der Waals surface area contributed by atoms with Crippen molar-refractivity contribution in [1.82, 2.24) is 15.1 Å². The zero-order valence-corrected chi connectivity index (χ0v) is 11.3. The Bertz CT molecular complexity index is 354. The van der Waals surface area contributed by atoms with Crippen molar-refractivity contribution < 1.29 is 9.47 Å². The lowest BCUT2D eigenvalue weighted by Gasteiger charge is -2.14. The first-order valence-corrected chi connectivity index (χ1v) is 6.75. The minimum absolute atomic E-state index is 0.221. The molecule has 1 aliphatic rings. The lowest BCUT2D eigenvalue weighted by Crippen LogP contribution is -2.28. The molecule has 0 aromatic carbocycles. The Labute approximate surface area is 108 Å². The van der Waals surface area contributed by atoms with Crippen molar-refractivity contribution >= 4 is 0 Å². The third kappa shape index (κ3) is 3.99. The molecule has 0 saturated carbocycles. The Hall–Kier alpha value is -1.07. The Morgan fingerprint density at radius 2 is 2.33 bits per heavy atom. The van der Waals surface area contributed by atoms with Crippen molar-refractivity contribution in [2.24, 2.45) is 7.05 Å². The second kappa shape index (κ2) is 6.75. The number of aryl methyl sites for hydroxylation is 1. The van der Waals surface area contributed by atoms with E-state index in [-0.39, 0.29) is 6.10 Å². The van der Waals surface area contributed by atoms with Crippen LogP contribution in [0.1, 0.15) is 26.2 Å². The van der Waals surface area contributed by atoms with Gasteiger partial charge in [-0.1, -0.05) is 6.92 Å². The van der Waals surface area contributed by atoms with Crippen LogP contribution in [0.4, 0.5) is 0 Å². The molecule has 1 saturated heterocycles. The normalized spacial score (nSPS) is 23.4. The molecule has 0 radical (unpaired) electrons. The SMILES string of the molecule is CCCNCC1CCC(COc2cnn(C)c2)O1. The Balaban J connectivity index is 1.63. The molecule has 2 unspecified atom stereocenters. The Morgan fingerprint density at radius 1 is 1.50 bits per heavy atom. The van der Waals surface area contributed by atoms with Gasteiger partial charge in [0, 0.05) is 13.6 Å². The number of rotatable bonds is 7. The molecule has 1 N–H and O–H groups in total. The van der Waals surface area contributed by atoms with Gasteiger partial charge in [0.2, 0.25) is 0 Å². The molecule has 2 rings (SSSR count). The molecule has 1 aromatic rings. The van der Waals surface area contributed by atoms with E-state index < -0.39 is 0 Å². The summed E-state index contributed by atoms with van der Waals surface area (Å²) in [5.74, 6) is 0.814. The predicted octanol–water partition coefficient (Wildman–Crippen LogP) is 1.35. The van der Waals surface area contributed by atoms with Crippen LogP contribution in [0.3, 0.4) is 0 Å². The summed E-state index contributed by atoms with van der Waals surface area (Å²) < 4.78 is 13.3. The maximum Gasteiger partial charge on any atom is 0.157 e. The van der Waals surface area contributed by atoms with E-state index in [2.05, 4.69) is 17.3 Å². The molecular formula is C13H23N3O2. The first kappa shape index (κ1) is 13.4. The number of hydrogen-bond acceptors (Lipinski definition) is 4. The van der Waals surface area contributed by atoms with Crippen LogP contribution in [-0.2, 0) is 11.8 Å². The lowest BCUT2D eigenvalue weighted by molar-refractivity contribution is 0.0186. The van der Waals surface area contributed by atoms with E-state index >= 15 is 0 Å². The summed E-state index contributed by atoms with van der Waals surface area (Å²) in [5.41, 5.74) is 0. The molecule has 1 aliphatic heterocycles. The summed E-state index contributed by atoms with van der Waals surface area (Å²) in [6, 6.07) is 0. The van der Waals surface area contributed by atoms with Crippen LogP contribution >= 0.6 is 0 Å². The molecule has 2 atom stereocenters. The second-order valence-electron chi connectivity index (χ2n) is 4.82. The van der Waals surface area contributed by atoms with Crippen molar-refractivity contribution in [1.29, 1.82) is 0 Å². The lowest BCUT2D eigenvalue weighted by atomic mass is 10.2. The van der Waals surface area contributed by atoms with Crippen molar-refractivity contribution in [3.8, 4) is 5.75 Å². The van der Waals surface area contributed by atoms with Gasteiger partial charge < -0.3 is 14.8 Å². The number of nitrogens with one attached hydrogen (secondary N) is 1. The Morgan fingerprint density at radius 3 is 3.06 bits per heavy atom. The van der Waals surface area contributed by atoms with E-state index in [9.17, 15) is 0 Å². The van der Waals surface area contributed by atoms with Gasteiger partial charge in [-0.05, 0) is 25.8 Å².